The molecule has 1 N–H and O–H groups in total. The molecule has 0 aromatic carbocycles. The zero-order valence-electron chi connectivity index (χ0n) is 10.7. The van der Waals surface area contributed by atoms with Crippen molar-refractivity contribution in [2.45, 2.75) is 58.3 Å². The van der Waals surface area contributed by atoms with Gasteiger partial charge in [-0.15, -0.1) is 0 Å². The van der Waals surface area contributed by atoms with Gasteiger partial charge in [0.1, 0.15) is 6.10 Å². The van der Waals surface area contributed by atoms with E-state index in [9.17, 15) is 9.59 Å². The number of rotatable bonds is 5. The molecule has 1 fully saturated rings. The quantitative estimate of drug-likeness (QED) is 0.789. The van der Waals surface area contributed by atoms with E-state index in [0.717, 1.165) is 12.8 Å². The fraction of sp³-hybridized carbons (Fsp3) is 0.833. The number of carbonyl (C=O) groups excluding carboxylic acids is 1. The topological polar surface area (TPSA) is 66.8 Å². The number of hydrogen-bond donors (Lipinski definition) is 1. The van der Waals surface area contributed by atoms with Crippen LogP contribution in [-0.2, 0) is 14.3 Å². The van der Waals surface area contributed by atoms with Gasteiger partial charge in [0.25, 0.3) is 5.91 Å². The molecule has 1 aliphatic heterocycles. The minimum Gasteiger partial charge on any atom is -0.481 e. The van der Waals surface area contributed by atoms with Gasteiger partial charge in [-0.05, 0) is 33.6 Å². The largest absolute Gasteiger partial charge is 0.481 e. The molecule has 0 spiro atoms. The first-order chi connectivity index (χ1) is 7.91. The van der Waals surface area contributed by atoms with Crippen LogP contribution in [0.4, 0.5) is 0 Å². The Hall–Kier alpha value is -1.10. The molecule has 0 saturated carbocycles. The summed E-state index contributed by atoms with van der Waals surface area (Å²) in [6, 6.07) is 0.00126. The van der Waals surface area contributed by atoms with Gasteiger partial charge in [-0.3, -0.25) is 9.59 Å². The van der Waals surface area contributed by atoms with Crippen molar-refractivity contribution in [2.75, 3.05) is 6.54 Å². The van der Waals surface area contributed by atoms with Crippen molar-refractivity contribution >= 4 is 11.9 Å². The lowest BCUT2D eigenvalue weighted by molar-refractivity contribution is -0.145. The molecule has 5 heteroatoms. The molecule has 1 saturated heterocycles. The predicted molar refractivity (Wildman–Crippen MR) is 62.7 cm³/mol. The van der Waals surface area contributed by atoms with Gasteiger partial charge in [0.15, 0.2) is 0 Å². The fourth-order valence-corrected chi connectivity index (χ4v) is 2.01. The molecule has 1 heterocycles. The van der Waals surface area contributed by atoms with Crippen LogP contribution >= 0.6 is 0 Å². The number of carboxylic acid groups (broad SMARTS) is 1. The van der Waals surface area contributed by atoms with E-state index in [1.54, 1.807) is 4.90 Å². The molecule has 0 bridgehead atoms. The lowest BCUT2D eigenvalue weighted by Gasteiger charge is -2.28. The number of carbonyl (C=O) groups is 2. The van der Waals surface area contributed by atoms with E-state index in [0.29, 0.717) is 0 Å². The molecular weight excluding hydrogens is 222 g/mol. The summed E-state index contributed by atoms with van der Waals surface area (Å²) in [4.78, 5) is 24.3. The van der Waals surface area contributed by atoms with Gasteiger partial charge in [-0.25, -0.2) is 0 Å². The van der Waals surface area contributed by atoms with Crippen molar-refractivity contribution in [2.24, 2.45) is 0 Å². The molecule has 0 aliphatic carbocycles. The highest BCUT2D eigenvalue weighted by Crippen LogP contribution is 2.21. The summed E-state index contributed by atoms with van der Waals surface area (Å²) in [5, 5.41) is 8.66. The van der Waals surface area contributed by atoms with Gasteiger partial charge >= 0.3 is 5.97 Å². The third-order valence-electron chi connectivity index (χ3n) is 2.98. The Labute approximate surface area is 102 Å². The normalized spacial score (nSPS) is 24.0. The highest BCUT2D eigenvalue weighted by atomic mass is 16.5. The van der Waals surface area contributed by atoms with E-state index < -0.39 is 5.97 Å². The standard InChI is InChI=1S/C12H21NO4/c1-8(2)13(7-6-11(14)15)12(16)10-5-4-9(3)17-10/h8-10H,4-7H2,1-3H3,(H,14,15). The molecule has 2 atom stereocenters. The van der Waals surface area contributed by atoms with Gasteiger partial charge in [0, 0.05) is 12.6 Å². The zero-order valence-corrected chi connectivity index (χ0v) is 10.7. The second-order valence-electron chi connectivity index (χ2n) is 4.78. The summed E-state index contributed by atoms with van der Waals surface area (Å²) in [5.41, 5.74) is 0. The fourth-order valence-electron chi connectivity index (χ4n) is 2.01. The minimum atomic E-state index is -0.885. The van der Waals surface area contributed by atoms with Gasteiger partial charge in [0.05, 0.1) is 12.5 Å². The summed E-state index contributed by atoms with van der Waals surface area (Å²) >= 11 is 0. The number of carboxylic acids is 1. The van der Waals surface area contributed by atoms with Gasteiger partial charge in [-0.1, -0.05) is 0 Å². The highest BCUT2D eigenvalue weighted by molar-refractivity contribution is 5.82. The lowest BCUT2D eigenvalue weighted by Crippen LogP contribution is -2.44. The second kappa shape index (κ2) is 6.00. The molecule has 17 heavy (non-hydrogen) atoms. The first kappa shape index (κ1) is 14.0. The zero-order chi connectivity index (χ0) is 13.0. The lowest BCUT2D eigenvalue weighted by atomic mass is 10.1. The smallest absolute Gasteiger partial charge is 0.305 e. The Morgan fingerprint density at radius 3 is 2.47 bits per heavy atom. The van der Waals surface area contributed by atoms with Crippen LogP contribution in [-0.4, -0.2) is 46.7 Å². The minimum absolute atomic E-state index is 0.00126. The summed E-state index contributed by atoms with van der Waals surface area (Å²) in [6.07, 6.45) is 1.34. The molecule has 1 amide bonds. The number of nitrogens with zero attached hydrogens (tertiary/aromatic N) is 1. The van der Waals surface area contributed by atoms with Crippen molar-refractivity contribution in [3.05, 3.63) is 0 Å². The van der Waals surface area contributed by atoms with Crippen LogP contribution in [0.2, 0.25) is 0 Å². The van der Waals surface area contributed by atoms with E-state index in [4.69, 9.17) is 9.84 Å². The highest BCUT2D eigenvalue weighted by Gasteiger charge is 2.32. The van der Waals surface area contributed by atoms with Crippen molar-refractivity contribution < 1.29 is 19.4 Å². The SMILES string of the molecule is CC1CCC(C(=O)N(CCC(=O)O)C(C)C)O1. The molecule has 0 aromatic heterocycles. The van der Waals surface area contributed by atoms with E-state index in [1.807, 2.05) is 20.8 Å². The van der Waals surface area contributed by atoms with Crippen LogP contribution < -0.4 is 0 Å². The molecule has 2 unspecified atom stereocenters. The van der Waals surface area contributed by atoms with Crippen LogP contribution in [0, 0.1) is 0 Å². The van der Waals surface area contributed by atoms with E-state index in [2.05, 4.69) is 0 Å². The monoisotopic (exact) mass is 243 g/mol. The molecule has 0 aromatic rings. The molecule has 1 aliphatic rings. The molecule has 5 nitrogen and oxygen atoms in total. The third-order valence-corrected chi connectivity index (χ3v) is 2.98. The van der Waals surface area contributed by atoms with Crippen LogP contribution in [0.3, 0.4) is 0 Å². The Kier molecular flexibility index (Phi) is 4.93. The maximum Gasteiger partial charge on any atom is 0.305 e. The Bertz CT molecular complexity index is 290. The number of amides is 1. The van der Waals surface area contributed by atoms with Crippen molar-refractivity contribution in [3.8, 4) is 0 Å². The van der Waals surface area contributed by atoms with Gasteiger partial charge < -0.3 is 14.7 Å². The molecule has 98 valence electrons. The number of hydrogen-bond acceptors (Lipinski definition) is 3. The van der Waals surface area contributed by atoms with Crippen LogP contribution in [0.1, 0.15) is 40.0 Å². The average molecular weight is 243 g/mol. The van der Waals surface area contributed by atoms with Crippen LogP contribution in [0.25, 0.3) is 0 Å². The Balaban J connectivity index is 2.57. The Morgan fingerprint density at radius 1 is 1.41 bits per heavy atom. The first-order valence-corrected chi connectivity index (χ1v) is 6.09. The third kappa shape index (κ3) is 4.00. The second-order valence-corrected chi connectivity index (χ2v) is 4.78. The van der Waals surface area contributed by atoms with E-state index in [1.165, 1.54) is 0 Å². The predicted octanol–water partition coefficient (Wildman–Crippen LogP) is 1.27. The van der Waals surface area contributed by atoms with Crippen molar-refractivity contribution in [1.29, 1.82) is 0 Å². The summed E-state index contributed by atoms with van der Waals surface area (Å²) in [5.74, 6) is -0.963. The van der Waals surface area contributed by atoms with Crippen LogP contribution in [0.15, 0.2) is 0 Å². The van der Waals surface area contributed by atoms with Crippen molar-refractivity contribution in [1.82, 2.24) is 4.90 Å². The molecule has 1 rings (SSSR count). The van der Waals surface area contributed by atoms with E-state index >= 15 is 0 Å². The molecule has 0 radical (unpaired) electrons. The average Bonchev–Trinajstić information content (AvgIpc) is 2.63. The maximum atomic E-state index is 12.2. The maximum absolute atomic E-state index is 12.2. The Morgan fingerprint density at radius 2 is 2.06 bits per heavy atom. The molecular formula is C12H21NO4. The summed E-state index contributed by atoms with van der Waals surface area (Å²) < 4.78 is 5.52. The van der Waals surface area contributed by atoms with Crippen molar-refractivity contribution in [3.63, 3.8) is 0 Å². The first-order valence-electron chi connectivity index (χ1n) is 6.09. The summed E-state index contributed by atoms with van der Waals surface area (Å²) in [6.45, 7) is 5.97. The van der Waals surface area contributed by atoms with Gasteiger partial charge in [-0.2, -0.15) is 0 Å². The van der Waals surface area contributed by atoms with Gasteiger partial charge in [0.2, 0.25) is 0 Å². The number of aliphatic carboxylic acids is 1. The van der Waals surface area contributed by atoms with E-state index in [-0.39, 0.29) is 37.1 Å². The van der Waals surface area contributed by atoms with Crippen LogP contribution in [0.5, 0.6) is 0 Å². The number of ether oxygens (including phenoxy) is 1. The summed E-state index contributed by atoms with van der Waals surface area (Å²) in [7, 11) is 0.